The standard InChI is InChI=1S/C20H24N2O4/c1-14(22(2)12-16-5-4-6-17(9-16)24-3)20(23)21-11-15-7-8-18-19(10-15)26-13-25-18/h4-10,14H,11-13H2,1-3H3,(H,21,23). The second-order valence-corrected chi connectivity index (χ2v) is 6.35. The molecule has 1 aliphatic heterocycles. The van der Waals surface area contributed by atoms with Crippen LogP contribution in [0.3, 0.4) is 0 Å². The molecule has 6 heteroatoms. The van der Waals surface area contributed by atoms with Gasteiger partial charge in [0.15, 0.2) is 11.5 Å². The zero-order chi connectivity index (χ0) is 18.5. The van der Waals surface area contributed by atoms with Gasteiger partial charge in [-0.25, -0.2) is 0 Å². The number of fused-ring (bicyclic) bond motifs is 1. The van der Waals surface area contributed by atoms with Crippen molar-refractivity contribution in [3.63, 3.8) is 0 Å². The number of methoxy groups -OCH3 is 1. The predicted molar refractivity (Wildman–Crippen MR) is 98.3 cm³/mol. The fraction of sp³-hybridized carbons (Fsp3) is 0.350. The molecule has 0 saturated carbocycles. The van der Waals surface area contributed by atoms with Gasteiger partial charge in [-0.1, -0.05) is 18.2 Å². The van der Waals surface area contributed by atoms with Crippen LogP contribution in [-0.4, -0.2) is 37.8 Å². The van der Waals surface area contributed by atoms with E-state index in [1.807, 2.05) is 61.3 Å². The van der Waals surface area contributed by atoms with Crippen LogP contribution < -0.4 is 19.5 Å². The van der Waals surface area contributed by atoms with Gasteiger partial charge in [0.2, 0.25) is 12.7 Å². The SMILES string of the molecule is COc1cccc(CN(C)C(C)C(=O)NCc2ccc3c(c2)OCO3)c1. The molecule has 1 aliphatic rings. The van der Waals surface area contributed by atoms with Crippen molar-refractivity contribution in [3.05, 3.63) is 53.6 Å². The molecule has 0 fully saturated rings. The molecule has 0 aromatic heterocycles. The minimum Gasteiger partial charge on any atom is -0.497 e. The van der Waals surface area contributed by atoms with E-state index >= 15 is 0 Å². The number of hydrogen-bond donors (Lipinski definition) is 1. The Labute approximate surface area is 153 Å². The van der Waals surface area contributed by atoms with Gasteiger partial charge in [-0.2, -0.15) is 0 Å². The van der Waals surface area contributed by atoms with E-state index in [0.29, 0.717) is 13.1 Å². The van der Waals surface area contributed by atoms with Crippen molar-refractivity contribution < 1.29 is 19.0 Å². The van der Waals surface area contributed by atoms with E-state index in [2.05, 4.69) is 5.32 Å². The number of ether oxygens (including phenoxy) is 3. The predicted octanol–water partition coefficient (Wildman–Crippen LogP) is 2.56. The molecule has 1 amide bonds. The van der Waals surface area contributed by atoms with Gasteiger partial charge >= 0.3 is 0 Å². The quantitative estimate of drug-likeness (QED) is 0.826. The van der Waals surface area contributed by atoms with E-state index < -0.39 is 0 Å². The van der Waals surface area contributed by atoms with Crippen molar-refractivity contribution in [1.82, 2.24) is 10.2 Å². The lowest BCUT2D eigenvalue weighted by molar-refractivity contribution is -0.125. The second kappa shape index (κ2) is 8.10. The third kappa shape index (κ3) is 4.26. The topological polar surface area (TPSA) is 60.0 Å². The highest BCUT2D eigenvalue weighted by Gasteiger charge is 2.19. The Morgan fingerprint density at radius 1 is 1.19 bits per heavy atom. The summed E-state index contributed by atoms with van der Waals surface area (Å²) in [5.74, 6) is 2.26. The first-order chi connectivity index (χ1) is 12.6. The number of nitrogens with zero attached hydrogens (tertiary/aromatic N) is 1. The van der Waals surface area contributed by atoms with Crippen molar-refractivity contribution >= 4 is 5.91 Å². The summed E-state index contributed by atoms with van der Waals surface area (Å²) < 4.78 is 15.9. The van der Waals surface area contributed by atoms with Crippen LogP contribution in [0, 0.1) is 0 Å². The molecule has 1 atom stereocenters. The molecule has 6 nitrogen and oxygen atoms in total. The van der Waals surface area contributed by atoms with Crippen LogP contribution in [0.15, 0.2) is 42.5 Å². The number of carbonyl (C=O) groups excluding carboxylic acids is 1. The number of rotatable bonds is 7. The molecule has 0 bridgehead atoms. The van der Waals surface area contributed by atoms with E-state index in [1.54, 1.807) is 7.11 Å². The molecule has 0 aliphatic carbocycles. The van der Waals surface area contributed by atoms with Crippen LogP contribution in [0.1, 0.15) is 18.1 Å². The molecule has 1 heterocycles. The molecule has 26 heavy (non-hydrogen) atoms. The molecular weight excluding hydrogens is 332 g/mol. The van der Waals surface area contributed by atoms with Crippen molar-refractivity contribution in [3.8, 4) is 17.2 Å². The van der Waals surface area contributed by atoms with Gasteiger partial charge in [0.25, 0.3) is 0 Å². The normalized spacial score (nSPS) is 13.5. The summed E-state index contributed by atoms with van der Waals surface area (Å²) in [4.78, 5) is 14.5. The van der Waals surface area contributed by atoms with Crippen LogP contribution in [0.2, 0.25) is 0 Å². The molecule has 2 aromatic rings. The number of benzene rings is 2. The van der Waals surface area contributed by atoms with Gasteiger partial charge in [0.1, 0.15) is 5.75 Å². The van der Waals surface area contributed by atoms with Crippen LogP contribution in [0.25, 0.3) is 0 Å². The minimum atomic E-state index is -0.254. The summed E-state index contributed by atoms with van der Waals surface area (Å²) in [6, 6.07) is 13.3. The van der Waals surface area contributed by atoms with Crippen LogP contribution >= 0.6 is 0 Å². The second-order valence-electron chi connectivity index (χ2n) is 6.35. The molecule has 0 spiro atoms. The Bertz CT molecular complexity index is 778. The summed E-state index contributed by atoms with van der Waals surface area (Å²) in [6.45, 7) is 3.26. The summed E-state index contributed by atoms with van der Waals surface area (Å²) in [6.07, 6.45) is 0. The van der Waals surface area contributed by atoms with E-state index in [4.69, 9.17) is 14.2 Å². The number of hydrogen-bond acceptors (Lipinski definition) is 5. The molecule has 138 valence electrons. The lowest BCUT2D eigenvalue weighted by atomic mass is 10.1. The van der Waals surface area contributed by atoms with Gasteiger partial charge in [-0.3, -0.25) is 9.69 Å². The van der Waals surface area contributed by atoms with E-state index in [1.165, 1.54) is 0 Å². The third-order valence-electron chi connectivity index (χ3n) is 4.51. The first kappa shape index (κ1) is 18.1. The Morgan fingerprint density at radius 3 is 2.81 bits per heavy atom. The summed E-state index contributed by atoms with van der Waals surface area (Å²) in [5, 5.41) is 2.98. The van der Waals surface area contributed by atoms with Gasteiger partial charge < -0.3 is 19.5 Å². The zero-order valence-electron chi connectivity index (χ0n) is 15.3. The zero-order valence-corrected chi connectivity index (χ0v) is 15.3. The van der Waals surface area contributed by atoms with Crippen molar-refractivity contribution in [1.29, 1.82) is 0 Å². The summed E-state index contributed by atoms with van der Waals surface area (Å²) in [5.41, 5.74) is 2.08. The third-order valence-corrected chi connectivity index (χ3v) is 4.51. The summed E-state index contributed by atoms with van der Waals surface area (Å²) in [7, 11) is 3.58. The molecule has 0 radical (unpaired) electrons. The molecule has 1 unspecified atom stereocenters. The Kier molecular flexibility index (Phi) is 5.63. The Balaban J connectivity index is 1.53. The summed E-state index contributed by atoms with van der Waals surface area (Å²) >= 11 is 0. The monoisotopic (exact) mass is 356 g/mol. The van der Waals surface area contributed by atoms with Crippen molar-refractivity contribution in [2.75, 3.05) is 21.0 Å². The van der Waals surface area contributed by atoms with E-state index in [9.17, 15) is 4.79 Å². The van der Waals surface area contributed by atoms with Gasteiger partial charge in [-0.15, -0.1) is 0 Å². The lowest BCUT2D eigenvalue weighted by Gasteiger charge is -2.24. The first-order valence-electron chi connectivity index (χ1n) is 8.56. The highest BCUT2D eigenvalue weighted by molar-refractivity contribution is 5.81. The smallest absolute Gasteiger partial charge is 0.237 e. The fourth-order valence-electron chi connectivity index (χ4n) is 2.78. The number of carbonyl (C=O) groups is 1. The minimum absolute atomic E-state index is 0.0203. The molecule has 0 saturated heterocycles. The average molecular weight is 356 g/mol. The highest BCUT2D eigenvalue weighted by atomic mass is 16.7. The van der Waals surface area contributed by atoms with Crippen LogP contribution in [0.5, 0.6) is 17.2 Å². The largest absolute Gasteiger partial charge is 0.497 e. The number of nitrogens with one attached hydrogen (secondary N) is 1. The van der Waals surface area contributed by atoms with E-state index in [-0.39, 0.29) is 18.7 Å². The van der Waals surface area contributed by atoms with Crippen molar-refractivity contribution in [2.45, 2.75) is 26.1 Å². The van der Waals surface area contributed by atoms with Gasteiger partial charge in [0.05, 0.1) is 13.2 Å². The number of likely N-dealkylation sites (N-methyl/N-ethyl adjacent to an activating group) is 1. The molecular formula is C20H24N2O4. The molecule has 1 N–H and O–H groups in total. The average Bonchev–Trinajstić information content (AvgIpc) is 3.13. The molecule has 2 aromatic carbocycles. The maximum absolute atomic E-state index is 12.5. The van der Waals surface area contributed by atoms with Crippen molar-refractivity contribution in [2.24, 2.45) is 0 Å². The van der Waals surface area contributed by atoms with E-state index in [0.717, 1.165) is 28.4 Å². The Morgan fingerprint density at radius 2 is 2.00 bits per heavy atom. The highest BCUT2D eigenvalue weighted by Crippen LogP contribution is 2.32. The maximum atomic E-state index is 12.5. The fourth-order valence-corrected chi connectivity index (χ4v) is 2.78. The number of amides is 1. The van der Waals surface area contributed by atoms with Crippen LogP contribution in [-0.2, 0) is 17.9 Å². The Hall–Kier alpha value is -2.73. The first-order valence-corrected chi connectivity index (χ1v) is 8.56. The maximum Gasteiger partial charge on any atom is 0.237 e. The van der Waals surface area contributed by atoms with Crippen LogP contribution in [0.4, 0.5) is 0 Å². The molecule has 3 rings (SSSR count). The lowest BCUT2D eigenvalue weighted by Crippen LogP contribution is -2.42. The van der Waals surface area contributed by atoms with Gasteiger partial charge in [-0.05, 0) is 49.4 Å². The van der Waals surface area contributed by atoms with Gasteiger partial charge in [0, 0.05) is 13.1 Å².